The molecule has 0 radical (unpaired) electrons. The minimum Gasteiger partial charge on any atom is -0.491 e. The van der Waals surface area contributed by atoms with E-state index < -0.39 is 43.1 Å². The van der Waals surface area contributed by atoms with Gasteiger partial charge < -0.3 is 34.5 Å². The van der Waals surface area contributed by atoms with Crippen LogP contribution >= 0.6 is 0 Å². The second kappa shape index (κ2) is 9.17. The van der Waals surface area contributed by atoms with Crippen molar-refractivity contribution in [2.24, 2.45) is 0 Å². The van der Waals surface area contributed by atoms with Crippen molar-refractivity contribution in [1.82, 2.24) is 4.57 Å². The molecule has 3 aromatic rings. The molecule has 1 fully saturated rings. The van der Waals surface area contributed by atoms with E-state index in [4.69, 9.17) is 9.47 Å². The fraction of sp³-hybridized carbons (Fsp3) is 0.417. The molecule has 8 heteroatoms. The van der Waals surface area contributed by atoms with Gasteiger partial charge in [0.15, 0.2) is 6.23 Å². The van der Waals surface area contributed by atoms with Gasteiger partial charge in [0.25, 0.3) is 0 Å². The number of ether oxygens (including phenoxy) is 2. The molecule has 7 nitrogen and oxygen atoms in total. The maximum absolute atomic E-state index is 14.9. The van der Waals surface area contributed by atoms with Crippen molar-refractivity contribution in [2.45, 2.75) is 57.0 Å². The normalized spacial score (nSPS) is 26.1. The molecule has 0 aliphatic carbocycles. The maximum atomic E-state index is 14.9. The summed E-state index contributed by atoms with van der Waals surface area (Å²) >= 11 is 0. The number of rotatable bonds is 6. The zero-order valence-corrected chi connectivity index (χ0v) is 17.9. The number of aliphatic hydroxyl groups excluding tert-OH is 4. The summed E-state index contributed by atoms with van der Waals surface area (Å²) in [6, 6.07) is 12.2. The Morgan fingerprint density at radius 3 is 2.41 bits per heavy atom. The molecule has 0 unspecified atom stereocenters. The van der Waals surface area contributed by atoms with Gasteiger partial charge in [-0.3, -0.25) is 0 Å². The Morgan fingerprint density at radius 1 is 1.03 bits per heavy atom. The molecule has 0 amide bonds. The minimum atomic E-state index is -1.52. The lowest BCUT2D eigenvalue weighted by molar-refractivity contribution is -0.250. The van der Waals surface area contributed by atoms with Gasteiger partial charge in [-0.15, -0.1) is 0 Å². The van der Waals surface area contributed by atoms with E-state index in [1.807, 2.05) is 38.1 Å². The largest absolute Gasteiger partial charge is 0.491 e. The summed E-state index contributed by atoms with van der Waals surface area (Å²) in [5.41, 5.74) is 2.09. The van der Waals surface area contributed by atoms with Gasteiger partial charge in [-0.05, 0) is 55.7 Å². The molecular weight excluding hydrogens is 417 g/mol. The van der Waals surface area contributed by atoms with Crippen molar-refractivity contribution in [3.05, 3.63) is 65.6 Å². The molecule has 4 rings (SSSR count). The highest BCUT2D eigenvalue weighted by molar-refractivity contribution is 5.85. The predicted octanol–water partition coefficient (Wildman–Crippen LogP) is 2.13. The van der Waals surface area contributed by atoms with Crippen LogP contribution in [0.25, 0.3) is 10.9 Å². The van der Waals surface area contributed by atoms with Crippen molar-refractivity contribution in [2.75, 3.05) is 6.61 Å². The Bertz CT molecular complexity index is 1060. The van der Waals surface area contributed by atoms with E-state index >= 15 is 0 Å². The van der Waals surface area contributed by atoms with Crippen LogP contribution in [0.4, 0.5) is 4.39 Å². The highest BCUT2D eigenvalue weighted by atomic mass is 19.1. The summed E-state index contributed by atoms with van der Waals surface area (Å²) in [5, 5.41) is 40.7. The van der Waals surface area contributed by atoms with Gasteiger partial charge in [0.05, 0.1) is 18.2 Å². The highest BCUT2D eigenvalue weighted by Crippen LogP contribution is 2.35. The number of aliphatic hydroxyl groups is 4. The van der Waals surface area contributed by atoms with Crippen LogP contribution in [-0.2, 0) is 11.2 Å². The van der Waals surface area contributed by atoms with Crippen LogP contribution in [0.1, 0.15) is 31.2 Å². The number of hydrogen-bond donors (Lipinski definition) is 4. The number of aromatic nitrogens is 1. The smallest absolute Gasteiger partial charge is 0.163 e. The zero-order chi connectivity index (χ0) is 23.0. The van der Waals surface area contributed by atoms with Crippen molar-refractivity contribution < 1.29 is 34.3 Å². The first-order valence-electron chi connectivity index (χ1n) is 10.6. The Kier molecular flexibility index (Phi) is 6.50. The van der Waals surface area contributed by atoms with E-state index in [-0.39, 0.29) is 6.10 Å². The maximum Gasteiger partial charge on any atom is 0.163 e. The van der Waals surface area contributed by atoms with Crippen LogP contribution in [0, 0.1) is 5.82 Å². The standard InChI is InChI=1S/C24H28FNO6/c1-13(2)31-16-8-6-14(7-9-16)10-15-11-26(18-5-3-4-17(25)20(15)18)24-23(30)22(29)21(28)19(12-27)32-24/h3-9,11,13,19,21-24,27-30H,10,12H2,1-2H3/t19-,21-,22+,23-,24-/m1/s1. The highest BCUT2D eigenvalue weighted by Gasteiger charge is 2.44. The Labute approximate surface area is 185 Å². The summed E-state index contributed by atoms with van der Waals surface area (Å²) < 4.78 is 27.8. The van der Waals surface area contributed by atoms with E-state index in [1.165, 1.54) is 6.07 Å². The Morgan fingerprint density at radius 2 is 1.75 bits per heavy atom. The van der Waals surface area contributed by atoms with E-state index in [0.29, 0.717) is 22.9 Å². The lowest BCUT2D eigenvalue weighted by Gasteiger charge is -2.40. The van der Waals surface area contributed by atoms with Gasteiger partial charge in [-0.25, -0.2) is 4.39 Å². The molecule has 1 aromatic heterocycles. The lowest BCUT2D eigenvalue weighted by atomic mass is 9.98. The fourth-order valence-electron chi connectivity index (χ4n) is 4.18. The van der Waals surface area contributed by atoms with Crippen LogP contribution in [0.15, 0.2) is 48.7 Å². The quantitative estimate of drug-likeness (QED) is 0.464. The number of halogens is 1. The third kappa shape index (κ3) is 4.24. The van der Waals surface area contributed by atoms with Crippen LogP contribution in [0.2, 0.25) is 0 Å². The lowest BCUT2D eigenvalue weighted by Crippen LogP contribution is -2.56. The predicted molar refractivity (Wildman–Crippen MR) is 116 cm³/mol. The van der Waals surface area contributed by atoms with Gasteiger partial charge in [-0.2, -0.15) is 0 Å². The Balaban J connectivity index is 1.71. The van der Waals surface area contributed by atoms with Gasteiger partial charge >= 0.3 is 0 Å². The summed E-state index contributed by atoms with van der Waals surface area (Å²) in [6.45, 7) is 3.36. The molecule has 0 saturated carbocycles. The van der Waals surface area contributed by atoms with E-state index in [1.54, 1.807) is 22.9 Å². The molecule has 0 spiro atoms. The van der Waals surface area contributed by atoms with Crippen LogP contribution in [-0.4, -0.2) is 62.1 Å². The third-order valence-electron chi connectivity index (χ3n) is 5.72. The molecule has 2 heterocycles. The number of nitrogens with zero attached hydrogens (tertiary/aromatic N) is 1. The first kappa shape index (κ1) is 22.7. The average molecular weight is 445 g/mol. The van der Waals surface area contributed by atoms with Crippen LogP contribution < -0.4 is 4.74 Å². The summed E-state index contributed by atoms with van der Waals surface area (Å²) in [7, 11) is 0. The second-order valence-electron chi connectivity index (χ2n) is 8.40. The van der Waals surface area contributed by atoms with E-state index in [0.717, 1.165) is 11.3 Å². The third-order valence-corrected chi connectivity index (χ3v) is 5.72. The number of fused-ring (bicyclic) bond motifs is 1. The van der Waals surface area contributed by atoms with Crippen molar-refractivity contribution in [3.63, 3.8) is 0 Å². The molecule has 4 N–H and O–H groups in total. The van der Waals surface area contributed by atoms with E-state index in [9.17, 15) is 24.8 Å². The number of benzene rings is 2. The summed E-state index contributed by atoms with van der Waals surface area (Å²) in [4.78, 5) is 0. The fourth-order valence-corrected chi connectivity index (χ4v) is 4.18. The van der Waals surface area contributed by atoms with Gasteiger partial charge in [0.1, 0.15) is 36.0 Å². The molecule has 5 atom stereocenters. The monoisotopic (exact) mass is 445 g/mol. The van der Waals surface area contributed by atoms with Crippen molar-refractivity contribution >= 4 is 10.9 Å². The van der Waals surface area contributed by atoms with E-state index in [2.05, 4.69) is 0 Å². The molecule has 1 saturated heterocycles. The van der Waals surface area contributed by atoms with Gasteiger partial charge in [0.2, 0.25) is 0 Å². The minimum absolute atomic E-state index is 0.0615. The molecule has 0 bridgehead atoms. The molecule has 1 aliphatic heterocycles. The van der Waals surface area contributed by atoms with Crippen molar-refractivity contribution in [1.29, 1.82) is 0 Å². The van der Waals surface area contributed by atoms with Crippen LogP contribution in [0.5, 0.6) is 5.75 Å². The topological polar surface area (TPSA) is 104 Å². The first-order valence-corrected chi connectivity index (χ1v) is 10.6. The molecule has 32 heavy (non-hydrogen) atoms. The molecular formula is C24H28FNO6. The van der Waals surface area contributed by atoms with Crippen molar-refractivity contribution in [3.8, 4) is 5.75 Å². The SMILES string of the molecule is CC(C)Oc1ccc(Cc2cn([C@@H]3O[C@H](CO)[C@@H](O)[C@H](O)[C@H]3O)c3cccc(F)c23)cc1. The molecule has 172 valence electrons. The number of hydrogen-bond acceptors (Lipinski definition) is 6. The summed E-state index contributed by atoms with van der Waals surface area (Å²) in [5.74, 6) is 0.333. The average Bonchev–Trinajstić information content (AvgIpc) is 3.13. The summed E-state index contributed by atoms with van der Waals surface area (Å²) in [6.07, 6.45) is -4.45. The van der Waals surface area contributed by atoms with Gasteiger partial charge in [0, 0.05) is 11.6 Å². The Hall–Kier alpha value is -2.49. The van der Waals surface area contributed by atoms with Crippen LogP contribution in [0.3, 0.4) is 0 Å². The second-order valence-corrected chi connectivity index (χ2v) is 8.40. The zero-order valence-electron chi connectivity index (χ0n) is 17.9. The molecule has 2 aromatic carbocycles. The first-order chi connectivity index (χ1) is 15.3. The van der Waals surface area contributed by atoms with Gasteiger partial charge in [-0.1, -0.05) is 18.2 Å². The molecule has 1 aliphatic rings.